The van der Waals surface area contributed by atoms with Crippen molar-refractivity contribution in [1.29, 1.82) is 0 Å². The average Bonchev–Trinajstić information content (AvgIpc) is 2.67. The molecule has 1 aromatic rings. The van der Waals surface area contributed by atoms with E-state index in [1.54, 1.807) is 0 Å². The molecule has 14 heavy (non-hydrogen) atoms. The molecule has 0 aromatic heterocycles. The highest BCUT2D eigenvalue weighted by Gasteiger charge is 2.23. The average molecular weight is 209 g/mol. The summed E-state index contributed by atoms with van der Waals surface area (Å²) in [6, 6.07) is 9.79. The smallest absolute Gasteiger partial charge is 0.258 e. The molecule has 1 atom stereocenters. The highest BCUT2D eigenvalue weighted by atomic mass is 32.2. The second kappa shape index (κ2) is 3.92. The Morgan fingerprint density at radius 2 is 2.00 bits per heavy atom. The summed E-state index contributed by atoms with van der Waals surface area (Å²) in [5.74, 6) is 0.945. The third-order valence-electron chi connectivity index (χ3n) is 2.25. The molecule has 0 bridgehead atoms. The Hall–Kier alpha value is -1.16. The second-order valence-electron chi connectivity index (χ2n) is 3.16. The SMILES string of the molecule is O=[N+]([O-])C1=S(c2ccccc2)CCC1. The molecule has 0 saturated carbocycles. The van der Waals surface area contributed by atoms with Gasteiger partial charge in [0.25, 0.3) is 4.99 Å². The van der Waals surface area contributed by atoms with Gasteiger partial charge in [-0.25, -0.2) is 0 Å². The third kappa shape index (κ3) is 1.70. The molecule has 4 heteroatoms. The van der Waals surface area contributed by atoms with Gasteiger partial charge in [-0.05, 0) is 24.3 Å². The molecular formula is C10H11NO2S. The van der Waals surface area contributed by atoms with Crippen LogP contribution in [0.3, 0.4) is 0 Å². The zero-order chi connectivity index (χ0) is 9.97. The molecule has 0 N–H and O–H groups in total. The summed E-state index contributed by atoms with van der Waals surface area (Å²) in [6.07, 6.45) is 1.61. The van der Waals surface area contributed by atoms with Crippen LogP contribution in [-0.4, -0.2) is 15.7 Å². The zero-order valence-corrected chi connectivity index (χ0v) is 8.50. The van der Waals surface area contributed by atoms with E-state index < -0.39 is 0 Å². The number of hydrogen-bond donors (Lipinski definition) is 0. The van der Waals surface area contributed by atoms with E-state index in [2.05, 4.69) is 0 Å². The summed E-state index contributed by atoms with van der Waals surface area (Å²) in [4.78, 5) is 12.2. The summed E-state index contributed by atoms with van der Waals surface area (Å²) in [5, 5.41) is 10.8. The van der Waals surface area contributed by atoms with Crippen molar-refractivity contribution in [2.24, 2.45) is 0 Å². The van der Waals surface area contributed by atoms with Crippen LogP contribution in [0.2, 0.25) is 0 Å². The standard InChI is InChI=1S/C10H11NO2S/c12-11(13)10-7-4-8-14(10)9-5-2-1-3-6-9/h1-3,5-6H,4,7-8H2. The first kappa shape index (κ1) is 9.40. The van der Waals surface area contributed by atoms with Crippen LogP contribution in [-0.2, 0) is 0 Å². The Balaban J connectivity index is 2.43. The van der Waals surface area contributed by atoms with E-state index in [0.29, 0.717) is 11.4 Å². The van der Waals surface area contributed by atoms with Gasteiger partial charge in [0.1, 0.15) is 0 Å². The van der Waals surface area contributed by atoms with Crippen LogP contribution in [0, 0.1) is 10.1 Å². The van der Waals surface area contributed by atoms with Gasteiger partial charge in [-0.2, -0.15) is 0 Å². The van der Waals surface area contributed by atoms with Gasteiger partial charge >= 0.3 is 0 Å². The van der Waals surface area contributed by atoms with Gasteiger partial charge < -0.3 is 0 Å². The molecule has 0 fully saturated rings. The third-order valence-corrected chi connectivity index (χ3v) is 4.72. The monoisotopic (exact) mass is 209 g/mol. The Labute approximate surface area is 84.8 Å². The molecule has 0 aliphatic carbocycles. The van der Waals surface area contributed by atoms with E-state index in [0.717, 1.165) is 17.1 Å². The minimum atomic E-state index is -0.241. The zero-order valence-electron chi connectivity index (χ0n) is 7.68. The molecule has 0 saturated heterocycles. The van der Waals surface area contributed by atoms with Crippen molar-refractivity contribution < 1.29 is 4.92 Å². The van der Waals surface area contributed by atoms with E-state index in [-0.39, 0.29) is 15.4 Å². The maximum atomic E-state index is 10.8. The van der Waals surface area contributed by atoms with Crippen LogP contribution in [0.25, 0.3) is 0 Å². The van der Waals surface area contributed by atoms with E-state index in [1.165, 1.54) is 0 Å². The van der Waals surface area contributed by atoms with Crippen molar-refractivity contribution in [3.63, 3.8) is 0 Å². The maximum Gasteiger partial charge on any atom is 0.274 e. The second-order valence-corrected chi connectivity index (χ2v) is 5.29. The van der Waals surface area contributed by atoms with Gasteiger partial charge in [-0.1, -0.05) is 28.7 Å². The van der Waals surface area contributed by atoms with Crippen LogP contribution in [0.1, 0.15) is 12.8 Å². The van der Waals surface area contributed by atoms with E-state index in [4.69, 9.17) is 0 Å². The predicted molar refractivity (Wildman–Crippen MR) is 58.4 cm³/mol. The highest BCUT2D eigenvalue weighted by Crippen LogP contribution is 2.35. The van der Waals surface area contributed by atoms with E-state index in [9.17, 15) is 10.1 Å². The fourth-order valence-electron chi connectivity index (χ4n) is 1.63. The molecule has 74 valence electrons. The fourth-order valence-corrected chi connectivity index (χ4v) is 3.86. The lowest BCUT2D eigenvalue weighted by Gasteiger charge is -2.02. The van der Waals surface area contributed by atoms with Crippen LogP contribution in [0.4, 0.5) is 0 Å². The number of nitrogens with zero attached hydrogens (tertiary/aromatic N) is 1. The van der Waals surface area contributed by atoms with Crippen LogP contribution in [0.5, 0.6) is 0 Å². The van der Waals surface area contributed by atoms with Gasteiger partial charge in [0.15, 0.2) is 0 Å². The lowest BCUT2D eigenvalue weighted by molar-refractivity contribution is -0.348. The predicted octanol–water partition coefficient (Wildman–Crippen LogP) is 2.51. The van der Waals surface area contributed by atoms with Gasteiger partial charge in [0.2, 0.25) is 0 Å². The molecule has 1 aromatic carbocycles. The highest BCUT2D eigenvalue weighted by molar-refractivity contribution is 8.16. The Morgan fingerprint density at radius 3 is 2.64 bits per heavy atom. The minimum Gasteiger partial charge on any atom is -0.258 e. The van der Waals surface area contributed by atoms with E-state index >= 15 is 0 Å². The Kier molecular flexibility index (Phi) is 2.63. The van der Waals surface area contributed by atoms with E-state index in [1.807, 2.05) is 30.3 Å². The summed E-state index contributed by atoms with van der Waals surface area (Å²) >= 11 is 0. The fraction of sp³-hybridized carbons (Fsp3) is 0.300. The number of nitro groups is 1. The first-order chi connectivity index (χ1) is 6.79. The summed E-state index contributed by atoms with van der Waals surface area (Å²) < 4.78 is 0. The quantitative estimate of drug-likeness (QED) is 0.405. The molecular weight excluding hydrogens is 198 g/mol. The topological polar surface area (TPSA) is 43.1 Å². The molecule has 0 amide bonds. The van der Waals surface area contributed by atoms with Crippen LogP contribution < -0.4 is 0 Å². The largest absolute Gasteiger partial charge is 0.274 e. The van der Waals surface area contributed by atoms with Gasteiger partial charge in [0, 0.05) is 11.3 Å². The summed E-state index contributed by atoms with van der Waals surface area (Å²) in [6.45, 7) is 0. The molecule has 2 rings (SSSR count). The first-order valence-corrected chi connectivity index (χ1v) is 5.94. The molecule has 1 unspecified atom stereocenters. The van der Waals surface area contributed by atoms with Gasteiger partial charge in [-0.3, -0.25) is 10.1 Å². The maximum absolute atomic E-state index is 10.8. The van der Waals surface area contributed by atoms with Gasteiger partial charge in [0.05, 0.1) is 4.92 Å². The molecule has 1 aliphatic rings. The Bertz CT molecular complexity index is 386. The number of hydrogen-bond acceptors (Lipinski definition) is 2. The normalized spacial score (nSPS) is 21.1. The summed E-state index contributed by atoms with van der Waals surface area (Å²) in [5.41, 5.74) is 0. The molecule has 1 aliphatic heterocycles. The first-order valence-electron chi connectivity index (χ1n) is 4.55. The van der Waals surface area contributed by atoms with Crippen molar-refractivity contribution in [3.8, 4) is 0 Å². The molecule has 1 heterocycles. The van der Waals surface area contributed by atoms with Crippen molar-refractivity contribution in [2.75, 3.05) is 5.75 Å². The van der Waals surface area contributed by atoms with Crippen molar-refractivity contribution >= 4 is 15.5 Å². The number of rotatable bonds is 1. The molecule has 0 spiro atoms. The molecule has 0 radical (unpaired) electrons. The van der Waals surface area contributed by atoms with Crippen LogP contribution in [0.15, 0.2) is 35.2 Å². The van der Waals surface area contributed by atoms with Crippen molar-refractivity contribution in [1.82, 2.24) is 0 Å². The lowest BCUT2D eigenvalue weighted by atomic mass is 10.3. The van der Waals surface area contributed by atoms with Crippen molar-refractivity contribution in [3.05, 3.63) is 40.4 Å². The Morgan fingerprint density at radius 1 is 1.29 bits per heavy atom. The summed E-state index contributed by atoms with van der Waals surface area (Å²) in [7, 11) is -0.241. The molecule has 3 nitrogen and oxygen atoms in total. The lowest BCUT2D eigenvalue weighted by Crippen LogP contribution is -2.07. The van der Waals surface area contributed by atoms with Crippen molar-refractivity contribution in [2.45, 2.75) is 17.7 Å². The number of benzene rings is 1. The minimum absolute atomic E-state index is 0.191. The van der Waals surface area contributed by atoms with Crippen LogP contribution >= 0.6 is 10.5 Å². The van der Waals surface area contributed by atoms with Gasteiger partial charge in [-0.15, -0.1) is 0 Å².